The monoisotopic (exact) mass is 706 g/mol. The van der Waals surface area contributed by atoms with Gasteiger partial charge in [-0.1, -0.05) is 43.2 Å². The van der Waals surface area contributed by atoms with Crippen LogP contribution < -0.4 is 27.0 Å². The zero-order valence-corrected chi connectivity index (χ0v) is 29.4. The third kappa shape index (κ3) is 13.6. The number of imide groups is 1. The molecule has 14 nitrogen and oxygen atoms in total. The van der Waals surface area contributed by atoms with E-state index in [2.05, 4.69) is 32.9 Å². The molecule has 0 aliphatic carbocycles. The molecule has 1 aromatic rings. The quantitative estimate of drug-likeness (QED) is 0.0387. The van der Waals surface area contributed by atoms with Crippen molar-refractivity contribution in [2.24, 2.45) is 11.7 Å². The number of hydrogen-bond donors (Lipinski definition) is 6. The molecule has 0 unspecified atom stereocenters. The summed E-state index contributed by atoms with van der Waals surface area (Å²) in [6, 6.07) is 4.04. The van der Waals surface area contributed by atoms with Gasteiger partial charge in [-0.3, -0.25) is 33.7 Å². The molecule has 2 rings (SSSR count). The van der Waals surface area contributed by atoms with Gasteiger partial charge in [0.05, 0.1) is 0 Å². The number of anilines is 1. The first-order valence-corrected chi connectivity index (χ1v) is 17.6. The van der Waals surface area contributed by atoms with Crippen LogP contribution >= 0.6 is 22.5 Å². The number of nitrogens with zero attached hydrogens (tertiary/aromatic N) is 1. The first kappa shape index (κ1) is 40.1. The summed E-state index contributed by atoms with van der Waals surface area (Å²) in [5, 5.41) is 10.7. The number of rotatable bonds is 20. The Hall–Kier alpha value is -4.05. The summed E-state index contributed by atoms with van der Waals surface area (Å²) in [6.07, 6.45) is 4.73. The zero-order chi connectivity index (χ0) is 35.9. The predicted octanol–water partition coefficient (Wildman–Crippen LogP) is 2.58. The topological polar surface area (TPSA) is 206 Å². The highest BCUT2D eigenvalue weighted by Gasteiger charge is 2.30. The zero-order valence-electron chi connectivity index (χ0n) is 27.7. The number of esters is 1. The smallest absolute Gasteiger partial charge is 0.322 e. The highest BCUT2D eigenvalue weighted by molar-refractivity contribution is 8.69. The number of nitrogens with two attached hydrogens (primary N) is 1. The van der Waals surface area contributed by atoms with Crippen LogP contribution in [0.5, 0.6) is 0 Å². The van der Waals surface area contributed by atoms with Crippen molar-refractivity contribution < 1.29 is 38.3 Å². The van der Waals surface area contributed by atoms with Gasteiger partial charge in [0.2, 0.25) is 17.7 Å². The van der Waals surface area contributed by atoms with Crippen LogP contribution in [0.25, 0.3) is 0 Å². The number of unbranched alkanes of at least 4 members (excludes halogenated alkanes) is 2. The fourth-order valence-corrected chi connectivity index (χ4v) is 4.84. The second kappa shape index (κ2) is 19.7. The lowest BCUT2D eigenvalue weighted by Crippen LogP contribution is -2.54. The second-order valence-corrected chi connectivity index (χ2v) is 13.9. The van der Waals surface area contributed by atoms with Crippen molar-refractivity contribution >= 4 is 69.7 Å². The van der Waals surface area contributed by atoms with E-state index in [1.165, 1.54) is 12.2 Å². The molecular weight excluding hydrogens is 661 g/mol. The number of nitrogens with one attached hydrogen (secondary N) is 4. The highest BCUT2D eigenvalue weighted by atomic mass is 33.1. The van der Waals surface area contributed by atoms with Gasteiger partial charge in [0.1, 0.15) is 23.4 Å². The van der Waals surface area contributed by atoms with Gasteiger partial charge in [-0.05, 0) is 63.1 Å². The van der Waals surface area contributed by atoms with E-state index < -0.39 is 40.6 Å². The molecule has 0 saturated carbocycles. The summed E-state index contributed by atoms with van der Waals surface area (Å²) >= 11 is 4.10. The summed E-state index contributed by atoms with van der Waals surface area (Å²) in [4.78, 5) is 87.2. The first-order chi connectivity index (χ1) is 22.6. The van der Waals surface area contributed by atoms with E-state index in [9.17, 15) is 33.6 Å². The fraction of sp³-hybridized carbons (Fsp3) is 0.531. The van der Waals surface area contributed by atoms with E-state index >= 15 is 0 Å². The maximum atomic E-state index is 13.4. The van der Waals surface area contributed by atoms with Crippen LogP contribution in [0.4, 0.5) is 10.5 Å². The van der Waals surface area contributed by atoms with Gasteiger partial charge in [-0.2, -0.15) is 0 Å². The minimum Gasteiger partial charge on any atom is -0.460 e. The van der Waals surface area contributed by atoms with Gasteiger partial charge in [-0.25, -0.2) is 4.79 Å². The number of ether oxygens (including phenoxy) is 1. The molecule has 1 heterocycles. The Kier molecular flexibility index (Phi) is 16.5. The molecule has 264 valence electrons. The molecule has 1 aliphatic heterocycles. The van der Waals surface area contributed by atoms with Crippen LogP contribution in [0.1, 0.15) is 71.8 Å². The number of carbonyl (C=O) groups excluding carboxylic acids is 7. The number of carbonyl (C=O) groups is 7. The van der Waals surface area contributed by atoms with Crippen molar-refractivity contribution in [2.45, 2.75) is 89.7 Å². The first-order valence-electron chi connectivity index (χ1n) is 15.7. The maximum absolute atomic E-state index is 13.4. The molecule has 0 bridgehead atoms. The van der Waals surface area contributed by atoms with E-state index in [0.717, 1.165) is 15.7 Å². The Morgan fingerprint density at radius 2 is 1.58 bits per heavy atom. The number of urea groups is 1. The van der Waals surface area contributed by atoms with Crippen molar-refractivity contribution in [2.75, 3.05) is 18.4 Å². The molecule has 0 aromatic heterocycles. The molecule has 2 atom stereocenters. The van der Waals surface area contributed by atoms with Crippen LogP contribution in [-0.2, 0) is 40.1 Å². The van der Waals surface area contributed by atoms with Crippen molar-refractivity contribution in [3.63, 3.8) is 0 Å². The number of hydrogen-bond acceptors (Lipinski definition) is 10. The van der Waals surface area contributed by atoms with E-state index in [4.69, 9.17) is 10.5 Å². The molecule has 48 heavy (non-hydrogen) atoms. The lowest BCUT2D eigenvalue weighted by Gasteiger charge is -2.25. The summed E-state index contributed by atoms with van der Waals surface area (Å²) in [6.45, 7) is 7.45. The minimum absolute atomic E-state index is 0.0387. The Bertz CT molecular complexity index is 1330. The summed E-state index contributed by atoms with van der Waals surface area (Å²) in [5.74, 6) is -2.80. The third-order valence-electron chi connectivity index (χ3n) is 7.36. The third-order valence-corrected chi connectivity index (χ3v) is 9.36. The van der Waals surface area contributed by atoms with Gasteiger partial charge >= 0.3 is 12.0 Å². The van der Waals surface area contributed by atoms with E-state index in [-0.39, 0.29) is 56.2 Å². The summed E-state index contributed by atoms with van der Waals surface area (Å²) in [5.41, 5.74) is 6.28. The molecule has 1 aliphatic rings. The van der Waals surface area contributed by atoms with Gasteiger partial charge in [0.15, 0.2) is 0 Å². The van der Waals surface area contributed by atoms with Crippen LogP contribution in [0.3, 0.4) is 0 Å². The van der Waals surface area contributed by atoms with Crippen LogP contribution in [0.2, 0.25) is 0 Å². The second-order valence-electron chi connectivity index (χ2n) is 12.1. The SMILES string of the molecule is CC(C)[C@@H](NC(=O)CCCCCN1C(=O)C=CC1=O)C(=O)N[C@H](CCCNC(N)=O)C(=O)Nc1ccc(COC(=O)C(C)(C)SS)cc1. The maximum Gasteiger partial charge on any atom is 0.322 e. The molecule has 0 radical (unpaired) electrons. The normalized spacial score (nSPS) is 14.0. The predicted molar refractivity (Wildman–Crippen MR) is 185 cm³/mol. The summed E-state index contributed by atoms with van der Waals surface area (Å²) in [7, 11) is 1.08. The molecule has 1 aromatic carbocycles. The lowest BCUT2D eigenvalue weighted by molar-refractivity contribution is -0.147. The molecule has 0 saturated heterocycles. The molecule has 7 amide bonds. The standard InChI is InChI=1S/C32H46N6O8S2/c1-20(2)27(37-24(39)10-6-5-7-18-38-25(40)15-16-26(38)41)29(43)36-23(9-8-17-34-31(33)45)28(42)35-22-13-11-21(12-14-22)19-46-30(44)32(3,4)48-47/h11-16,20,23,27,47H,5-10,17-19H2,1-4H3,(H,35,42)(H,36,43)(H,37,39)(H3,33,34,45)/t23-,27-/m1/s1. The fourth-order valence-electron chi connectivity index (χ4n) is 4.49. The van der Waals surface area contributed by atoms with E-state index in [1.54, 1.807) is 52.0 Å². The Morgan fingerprint density at radius 1 is 0.938 bits per heavy atom. The van der Waals surface area contributed by atoms with Crippen molar-refractivity contribution in [1.29, 1.82) is 0 Å². The van der Waals surface area contributed by atoms with Crippen LogP contribution in [-0.4, -0.2) is 76.4 Å². The van der Waals surface area contributed by atoms with E-state index in [1.807, 2.05) is 0 Å². The Balaban J connectivity index is 1.96. The number of amides is 7. The van der Waals surface area contributed by atoms with Gasteiger partial charge in [0.25, 0.3) is 11.8 Å². The lowest BCUT2D eigenvalue weighted by atomic mass is 10.0. The molecular formula is C32H46N6O8S2. The van der Waals surface area contributed by atoms with Crippen molar-refractivity contribution in [3.05, 3.63) is 42.0 Å². The molecule has 16 heteroatoms. The number of primary amides is 1. The number of thiol groups is 1. The molecule has 0 spiro atoms. The molecule has 0 fully saturated rings. The minimum atomic E-state index is -1.00. The highest BCUT2D eigenvalue weighted by Crippen LogP contribution is 2.29. The summed E-state index contributed by atoms with van der Waals surface area (Å²) < 4.78 is 4.54. The van der Waals surface area contributed by atoms with Crippen LogP contribution in [0, 0.1) is 5.92 Å². The average molecular weight is 707 g/mol. The van der Waals surface area contributed by atoms with E-state index in [0.29, 0.717) is 36.9 Å². The van der Waals surface area contributed by atoms with Crippen molar-refractivity contribution in [3.8, 4) is 0 Å². The van der Waals surface area contributed by atoms with Gasteiger partial charge < -0.3 is 31.7 Å². The van der Waals surface area contributed by atoms with Crippen molar-refractivity contribution in [1.82, 2.24) is 20.9 Å². The largest absolute Gasteiger partial charge is 0.460 e. The molecule has 6 N–H and O–H groups in total. The van der Waals surface area contributed by atoms with Gasteiger partial charge in [0, 0.05) is 37.3 Å². The Morgan fingerprint density at radius 3 is 2.17 bits per heavy atom. The number of benzene rings is 1. The Labute approximate surface area is 289 Å². The average Bonchev–Trinajstić information content (AvgIpc) is 3.36. The van der Waals surface area contributed by atoms with Crippen LogP contribution in [0.15, 0.2) is 36.4 Å². The van der Waals surface area contributed by atoms with Gasteiger partial charge in [-0.15, -0.1) is 11.7 Å².